The minimum absolute atomic E-state index is 0.748. The molecule has 0 spiro atoms. The lowest BCUT2D eigenvalue weighted by Crippen LogP contribution is -2.41. The fourth-order valence-electron chi connectivity index (χ4n) is 2.66. The van der Waals surface area contributed by atoms with Gasteiger partial charge in [0.05, 0.1) is 0 Å². The van der Waals surface area contributed by atoms with Crippen LogP contribution in [-0.4, -0.2) is 12.6 Å². The second-order valence-corrected chi connectivity index (χ2v) is 4.93. The molecule has 1 aliphatic carbocycles. The van der Waals surface area contributed by atoms with Crippen LogP contribution >= 0.6 is 0 Å². The van der Waals surface area contributed by atoms with E-state index >= 15 is 0 Å². The van der Waals surface area contributed by atoms with Gasteiger partial charge in [-0.25, -0.2) is 0 Å². The summed E-state index contributed by atoms with van der Waals surface area (Å²) in [5.74, 6) is 7.77. The van der Waals surface area contributed by atoms with Crippen molar-refractivity contribution in [1.82, 2.24) is 5.32 Å². The zero-order valence-corrected chi connectivity index (χ0v) is 10.5. The van der Waals surface area contributed by atoms with Crippen LogP contribution in [0.5, 0.6) is 0 Å². The van der Waals surface area contributed by atoms with Crippen molar-refractivity contribution in [3.63, 3.8) is 0 Å². The Labute approximate surface area is 95.0 Å². The van der Waals surface area contributed by atoms with Crippen LogP contribution in [0.4, 0.5) is 0 Å². The maximum atomic E-state index is 3.69. The van der Waals surface area contributed by atoms with Gasteiger partial charge in [0, 0.05) is 19.0 Å². The summed E-state index contributed by atoms with van der Waals surface area (Å²) in [5.41, 5.74) is 0. The van der Waals surface area contributed by atoms with E-state index in [9.17, 15) is 0 Å². The summed E-state index contributed by atoms with van der Waals surface area (Å²) in [4.78, 5) is 0. The van der Waals surface area contributed by atoms with Crippen LogP contribution in [0.2, 0.25) is 0 Å². The molecule has 1 rings (SSSR count). The summed E-state index contributed by atoms with van der Waals surface area (Å²) < 4.78 is 0. The Hall–Kier alpha value is -0.480. The highest BCUT2D eigenvalue weighted by Gasteiger charge is 2.26. The van der Waals surface area contributed by atoms with E-state index in [4.69, 9.17) is 0 Å². The molecule has 1 saturated carbocycles. The first-order valence-corrected chi connectivity index (χ1v) is 6.38. The summed E-state index contributed by atoms with van der Waals surface area (Å²) in [6.07, 6.45) is 6.60. The Kier molecular flexibility index (Phi) is 5.79. The van der Waals surface area contributed by atoms with Gasteiger partial charge < -0.3 is 5.32 Å². The largest absolute Gasteiger partial charge is 0.313 e. The van der Waals surface area contributed by atoms with Crippen LogP contribution in [-0.2, 0) is 0 Å². The lowest BCUT2D eigenvalue weighted by Gasteiger charge is -2.35. The van der Waals surface area contributed by atoms with E-state index in [1.807, 2.05) is 6.92 Å². The first-order chi connectivity index (χ1) is 7.25. The molecule has 0 heterocycles. The maximum absolute atomic E-state index is 3.69. The number of nitrogens with one attached hydrogen (secondary N) is 1. The van der Waals surface area contributed by atoms with E-state index < -0.39 is 0 Å². The van der Waals surface area contributed by atoms with Gasteiger partial charge in [0.15, 0.2) is 0 Å². The molecule has 0 bridgehead atoms. The first kappa shape index (κ1) is 12.6. The van der Waals surface area contributed by atoms with Gasteiger partial charge in [-0.15, -0.1) is 11.8 Å². The zero-order chi connectivity index (χ0) is 11.1. The zero-order valence-electron chi connectivity index (χ0n) is 10.5. The Morgan fingerprint density at radius 3 is 2.67 bits per heavy atom. The van der Waals surface area contributed by atoms with Crippen molar-refractivity contribution in [2.75, 3.05) is 6.54 Å². The lowest BCUT2D eigenvalue weighted by atomic mass is 9.78. The smallest absolute Gasteiger partial charge is 0.0214 e. The highest BCUT2D eigenvalue weighted by atomic mass is 14.9. The van der Waals surface area contributed by atoms with Crippen molar-refractivity contribution in [2.45, 2.75) is 58.9 Å². The van der Waals surface area contributed by atoms with Gasteiger partial charge in [-0.2, -0.15) is 0 Å². The van der Waals surface area contributed by atoms with E-state index in [-0.39, 0.29) is 0 Å². The summed E-state index contributed by atoms with van der Waals surface area (Å²) in [7, 11) is 0. The van der Waals surface area contributed by atoms with Crippen molar-refractivity contribution in [2.24, 2.45) is 11.8 Å². The van der Waals surface area contributed by atoms with Crippen molar-refractivity contribution in [1.29, 1.82) is 0 Å². The fourth-order valence-corrected chi connectivity index (χ4v) is 2.66. The molecule has 0 radical (unpaired) electrons. The molecule has 15 heavy (non-hydrogen) atoms. The molecule has 0 aromatic rings. The molecule has 0 amide bonds. The van der Waals surface area contributed by atoms with Crippen LogP contribution in [0.25, 0.3) is 0 Å². The molecule has 0 aromatic heterocycles. The Bertz CT molecular complexity index is 221. The standard InChI is InChI=1S/C14H25N/c1-4-5-8-11-15-14-10-7-6-9-13(14)12(2)3/h12-15H,6-11H2,1-3H3. The van der Waals surface area contributed by atoms with Crippen LogP contribution in [0.3, 0.4) is 0 Å². The molecule has 1 fully saturated rings. The summed E-state index contributed by atoms with van der Waals surface area (Å²) in [6.45, 7) is 7.69. The summed E-state index contributed by atoms with van der Waals surface area (Å²) >= 11 is 0. The second-order valence-electron chi connectivity index (χ2n) is 4.93. The average molecular weight is 207 g/mol. The van der Waals surface area contributed by atoms with Gasteiger partial charge >= 0.3 is 0 Å². The highest BCUT2D eigenvalue weighted by molar-refractivity contribution is 4.95. The molecule has 1 N–H and O–H groups in total. The van der Waals surface area contributed by atoms with E-state index in [0.717, 1.165) is 30.8 Å². The minimum Gasteiger partial charge on any atom is -0.313 e. The Balaban J connectivity index is 2.31. The van der Waals surface area contributed by atoms with Gasteiger partial charge in [-0.1, -0.05) is 26.7 Å². The molecule has 1 heteroatoms. The van der Waals surface area contributed by atoms with Crippen LogP contribution in [0.15, 0.2) is 0 Å². The molecule has 1 aliphatic rings. The minimum atomic E-state index is 0.748. The average Bonchev–Trinajstić information content (AvgIpc) is 2.25. The SMILES string of the molecule is CC#CCCNC1CCCCC1C(C)C. The molecular formula is C14H25N. The number of rotatable bonds is 4. The molecule has 0 aromatic carbocycles. The Morgan fingerprint density at radius 2 is 2.00 bits per heavy atom. The number of hydrogen-bond donors (Lipinski definition) is 1. The topological polar surface area (TPSA) is 12.0 Å². The molecule has 2 unspecified atom stereocenters. The third kappa shape index (κ3) is 4.26. The van der Waals surface area contributed by atoms with Crippen molar-refractivity contribution in [3.05, 3.63) is 0 Å². The van der Waals surface area contributed by atoms with Gasteiger partial charge in [0.25, 0.3) is 0 Å². The van der Waals surface area contributed by atoms with Gasteiger partial charge in [-0.3, -0.25) is 0 Å². The molecule has 86 valence electrons. The monoisotopic (exact) mass is 207 g/mol. The van der Waals surface area contributed by atoms with Gasteiger partial charge in [0.1, 0.15) is 0 Å². The summed E-state index contributed by atoms with van der Waals surface area (Å²) in [5, 5.41) is 3.69. The van der Waals surface area contributed by atoms with E-state index in [0.29, 0.717) is 0 Å². The Morgan fingerprint density at radius 1 is 1.27 bits per heavy atom. The highest BCUT2D eigenvalue weighted by Crippen LogP contribution is 2.29. The van der Waals surface area contributed by atoms with E-state index in [2.05, 4.69) is 31.0 Å². The van der Waals surface area contributed by atoms with Crippen molar-refractivity contribution in [3.8, 4) is 11.8 Å². The van der Waals surface area contributed by atoms with E-state index in [1.54, 1.807) is 0 Å². The molecule has 0 aliphatic heterocycles. The van der Waals surface area contributed by atoms with Crippen LogP contribution < -0.4 is 5.32 Å². The molecule has 2 atom stereocenters. The molecule has 1 nitrogen and oxygen atoms in total. The first-order valence-electron chi connectivity index (χ1n) is 6.38. The van der Waals surface area contributed by atoms with Crippen molar-refractivity contribution < 1.29 is 0 Å². The molecular weight excluding hydrogens is 182 g/mol. The third-order valence-corrected chi connectivity index (χ3v) is 3.51. The predicted octanol–water partition coefficient (Wildman–Crippen LogP) is 3.20. The molecule has 0 saturated heterocycles. The predicted molar refractivity (Wildman–Crippen MR) is 66.7 cm³/mol. The fraction of sp³-hybridized carbons (Fsp3) is 0.857. The third-order valence-electron chi connectivity index (χ3n) is 3.51. The van der Waals surface area contributed by atoms with Crippen LogP contribution in [0, 0.1) is 23.7 Å². The van der Waals surface area contributed by atoms with Crippen molar-refractivity contribution >= 4 is 0 Å². The number of hydrogen-bond acceptors (Lipinski definition) is 1. The van der Waals surface area contributed by atoms with Gasteiger partial charge in [-0.05, 0) is 31.6 Å². The summed E-state index contributed by atoms with van der Waals surface area (Å²) in [6, 6.07) is 0.748. The van der Waals surface area contributed by atoms with Crippen LogP contribution in [0.1, 0.15) is 52.9 Å². The lowest BCUT2D eigenvalue weighted by molar-refractivity contribution is 0.207. The normalized spacial score (nSPS) is 26.1. The second kappa shape index (κ2) is 6.90. The van der Waals surface area contributed by atoms with Gasteiger partial charge in [0.2, 0.25) is 0 Å². The quantitative estimate of drug-likeness (QED) is 0.551. The van der Waals surface area contributed by atoms with E-state index in [1.165, 1.54) is 25.7 Å². The maximum Gasteiger partial charge on any atom is 0.0214 e.